The zero-order valence-electron chi connectivity index (χ0n) is 15.7. The molecule has 2 aliphatic heterocycles. The molecule has 1 amide bonds. The van der Waals surface area contributed by atoms with E-state index in [1.54, 1.807) is 0 Å². The second-order valence-corrected chi connectivity index (χ2v) is 7.86. The van der Waals surface area contributed by atoms with Crippen LogP contribution in [0.5, 0.6) is 0 Å². The molecule has 142 valence electrons. The minimum absolute atomic E-state index is 0.101. The molecule has 0 spiro atoms. The molecule has 0 saturated carbocycles. The van der Waals surface area contributed by atoms with Gasteiger partial charge < -0.3 is 9.80 Å². The number of amides is 1. The Morgan fingerprint density at radius 1 is 0.926 bits per heavy atom. The maximum atomic E-state index is 13.4. The molecule has 2 unspecified atom stereocenters. The van der Waals surface area contributed by atoms with E-state index in [1.165, 1.54) is 31.4 Å². The number of halogens is 1. The Kier molecular flexibility index (Phi) is 5.53. The molecule has 0 aromatic heterocycles. The van der Waals surface area contributed by atoms with E-state index < -0.39 is 0 Å². The van der Waals surface area contributed by atoms with E-state index in [-0.39, 0.29) is 17.6 Å². The van der Waals surface area contributed by atoms with Crippen LogP contribution in [-0.4, -0.2) is 48.4 Å². The van der Waals surface area contributed by atoms with Gasteiger partial charge in [0.05, 0.1) is 0 Å². The second kappa shape index (κ2) is 8.22. The summed E-state index contributed by atoms with van der Waals surface area (Å²) >= 11 is 0. The molecule has 2 aromatic rings. The Hall–Kier alpha value is -2.20. The third kappa shape index (κ3) is 4.22. The first-order valence-electron chi connectivity index (χ1n) is 10.0. The maximum absolute atomic E-state index is 13.4. The van der Waals surface area contributed by atoms with E-state index in [0.29, 0.717) is 12.5 Å². The lowest BCUT2D eigenvalue weighted by atomic mass is 9.88. The quantitative estimate of drug-likeness (QED) is 0.811. The van der Waals surface area contributed by atoms with Gasteiger partial charge in [0.1, 0.15) is 5.82 Å². The first kappa shape index (κ1) is 18.2. The predicted molar refractivity (Wildman–Crippen MR) is 105 cm³/mol. The summed E-state index contributed by atoms with van der Waals surface area (Å²) in [6, 6.07) is 16.4. The minimum atomic E-state index is -0.207. The Bertz CT molecular complexity index is 756. The number of carbonyl (C=O) groups is 1. The smallest absolute Gasteiger partial charge is 0.253 e. The summed E-state index contributed by atoms with van der Waals surface area (Å²) in [7, 11) is 0. The van der Waals surface area contributed by atoms with Crippen LogP contribution in [0.1, 0.15) is 41.1 Å². The monoisotopic (exact) mass is 366 g/mol. The molecule has 0 aliphatic carbocycles. The number of hydrogen-bond donors (Lipinski definition) is 0. The molecule has 4 rings (SSSR count). The molecule has 3 nitrogen and oxygen atoms in total. The van der Waals surface area contributed by atoms with E-state index >= 15 is 0 Å². The maximum Gasteiger partial charge on any atom is 0.253 e. The van der Waals surface area contributed by atoms with Crippen LogP contribution < -0.4 is 0 Å². The number of carbonyl (C=O) groups excluding carboxylic acids is 1. The molecule has 0 radical (unpaired) electrons. The van der Waals surface area contributed by atoms with E-state index in [1.807, 2.05) is 47.4 Å². The van der Waals surface area contributed by atoms with Crippen molar-refractivity contribution in [2.24, 2.45) is 5.92 Å². The Balaban J connectivity index is 1.54. The predicted octanol–water partition coefficient (Wildman–Crippen LogP) is 4.17. The second-order valence-electron chi connectivity index (χ2n) is 7.86. The van der Waals surface area contributed by atoms with Crippen molar-refractivity contribution in [3.05, 3.63) is 71.5 Å². The highest BCUT2D eigenvalue weighted by atomic mass is 19.1. The molecule has 0 bridgehead atoms. The molecular formula is C23H27FN2O. The molecule has 0 N–H and O–H groups in total. The first-order chi connectivity index (χ1) is 13.2. The van der Waals surface area contributed by atoms with Crippen LogP contribution in [-0.2, 0) is 0 Å². The van der Waals surface area contributed by atoms with Crippen molar-refractivity contribution < 1.29 is 9.18 Å². The first-order valence-corrected chi connectivity index (χ1v) is 10.0. The van der Waals surface area contributed by atoms with Gasteiger partial charge in [-0.2, -0.15) is 0 Å². The van der Waals surface area contributed by atoms with Crippen LogP contribution in [0.4, 0.5) is 4.39 Å². The number of rotatable bonds is 4. The van der Waals surface area contributed by atoms with Crippen LogP contribution >= 0.6 is 0 Å². The lowest BCUT2D eigenvalue weighted by Gasteiger charge is -2.31. The van der Waals surface area contributed by atoms with E-state index in [4.69, 9.17) is 0 Å². The Morgan fingerprint density at radius 2 is 1.63 bits per heavy atom. The number of benzene rings is 2. The number of likely N-dealkylation sites (tertiary alicyclic amines) is 2. The highest BCUT2D eigenvalue weighted by Crippen LogP contribution is 2.34. The number of nitrogens with zero attached hydrogens (tertiary/aromatic N) is 2. The van der Waals surface area contributed by atoms with Crippen molar-refractivity contribution in [2.45, 2.75) is 25.2 Å². The molecule has 4 heteroatoms. The highest BCUT2D eigenvalue weighted by molar-refractivity contribution is 5.94. The summed E-state index contributed by atoms with van der Waals surface area (Å²) in [6.07, 6.45) is 3.85. The third-order valence-electron chi connectivity index (χ3n) is 5.99. The Labute approximate surface area is 160 Å². The fourth-order valence-electron chi connectivity index (χ4n) is 4.55. The van der Waals surface area contributed by atoms with Gasteiger partial charge in [-0.05, 0) is 61.7 Å². The lowest BCUT2D eigenvalue weighted by Crippen LogP contribution is -2.36. The standard InChI is InChI=1S/C23H27FN2O/c24-21-11-9-18(10-12-21)22-17-26(23(27)19-7-3-1-4-8-19)16-20(22)15-25-13-5-2-6-14-25/h1,3-4,7-12,20,22H,2,5-6,13-17H2. The van der Waals surface area contributed by atoms with E-state index in [9.17, 15) is 9.18 Å². The minimum Gasteiger partial charge on any atom is -0.338 e. The van der Waals surface area contributed by atoms with Crippen molar-refractivity contribution >= 4 is 5.91 Å². The number of piperidine rings is 1. The van der Waals surface area contributed by atoms with Gasteiger partial charge in [0, 0.05) is 31.1 Å². The zero-order chi connectivity index (χ0) is 18.6. The van der Waals surface area contributed by atoms with Gasteiger partial charge >= 0.3 is 0 Å². The normalized spacial score (nSPS) is 23.5. The zero-order valence-corrected chi connectivity index (χ0v) is 15.7. The van der Waals surface area contributed by atoms with Gasteiger partial charge in [-0.3, -0.25) is 4.79 Å². The van der Waals surface area contributed by atoms with E-state index in [2.05, 4.69) is 4.90 Å². The highest BCUT2D eigenvalue weighted by Gasteiger charge is 2.37. The topological polar surface area (TPSA) is 23.6 Å². The average molecular weight is 366 g/mol. The molecule has 2 fully saturated rings. The molecule has 2 heterocycles. The molecule has 27 heavy (non-hydrogen) atoms. The molecule has 2 aliphatic rings. The van der Waals surface area contributed by atoms with Crippen LogP contribution in [0.25, 0.3) is 0 Å². The summed E-state index contributed by atoms with van der Waals surface area (Å²) in [5.41, 5.74) is 1.88. The van der Waals surface area contributed by atoms with Gasteiger partial charge in [-0.1, -0.05) is 36.8 Å². The van der Waals surface area contributed by atoms with Crippen molar-refractivity contribution in [2.75, 3.05) is 32.7 Å². The van der Waals surface area contributed by atoms with Gasteiger partial charge in [-0.25, -0.2) is 4.39 Å². The van der Waals surface area contributed by atoms with Gasteiger partial charge in [0.15, 0.2) is 0 Å². The van der Waals surface area contributed by atoms with E-state index in [0.717, 1.165) is 37.3 Å². The molecular weight excluding hydrogens is 339 g/mol. The van der Waals surface area contributed by atoms with Crippen molar-refractivity contribution in [3.8, 4) is 0 Å². The summed E-state index contributed by atoms with van der Waals surface area (Å²) in [5.74, 6) is 0.548. The van der Waals surface area contributed by atoms with Crippen molar-refractivity contribution in [1.29, 1.82) is 0 Å². The number of hydrogen-bond acceptors (Lipinski definition) is 2. The Morgan fingerprint density at radius 3 is 2.33 bits per heavy atom. The summed E-state index contributed by atoms with van der Waals surface area (Å²) in [4.78, 5) is 17.5. The third-order valence-corrected chi connectivity index (χ3v) is 5.99. The lowest BCUT2D eigenvalue weighted by molar-refractivity contribution is 0.0781. The van der Waals surface area contributed by atoms with Gasteiger partial charge in [0.25, 0.3) is 5.91 Å². The van der Waals surface area contributed by atoms with Crippen LogP contribution in [0.2, 0.25) is 0 Å². The van der Waals surface area contributed by atoms with Crippen LogP contribution in [0, 0.1) is 11.7 Å². The summed E-state index contributed by atoms with van der Waals surface area (Å²) in [6.45, 7) is 4.79. The van der Waals surface area contributed by atoms with Gasteiger partial charge in [0.2, 0.25) is 0 Å². The fraction of sp³-hybridized carbons (Fsp3) is 0.435. The molecule has 2 aromatic carbocycles. The largest absolute Gasteiger partial charge is 0.338 e. The summed E-state index contributed by atoms with van der Waals surface area (Å²) in [5, 5.41) is 0. The van der Waals surface area contributed by atoms with Crippen LogP contribution in [0.3, 0.4) is 0 Å². The van der Waals surface area contributed by atoms with Crippen LogP contribution in [0.15, 0.2) is 54.6 Å². The molecule has 2 atom stereocenters. The van der Waals surface area contributed by atoms with Crippen molar-refractivity contribution in [1.82, 2.24) is 9.80 Å². The molecule has 2 saturated heterocycles. The van der Waals surface area contributed by atoms with Gasteiger partial charge in [-0.15, -0.1) is 0 Å². The average Bonchev–Trinajstić information content (AvgIpc) is 3.13. The van der Waals surface area contributed by atoms with Crippen molar-refractivity contribution in [3.63, 3.8) is 0 Å². The SMILES string of the molecule is O=C(c1ccccc1)N1CC(CN2CCCCC2)C(c2ccc(F)cc2)C1. The fourth-order valence-corrected chi connectivity index (χ4v) is 4.55. The summed E-state index contributed by atoms with van der Waals surface area (Å²) < 4.78 is 13.4.